The lowest BCUT2D eigenvalue weighted by molar-refractivity contribution is 0.271. The summed E-state index contributed by atoms with van der Waals surface area (Å²) in [5.41, 5.74) is 6.18. The van der Waals surface area contributed by atoms with E-state index in [0.717, 1.165) is 70.1 Å². The third-order valence-corrected chi connectivity index (χ3v) is 8.54. The third-order valence-electron chi connectivity index (χ3n) is 7.30. The van der Waals surface area contributed by atoms with Gasteiger partial charge in [-0.2, -0.15) is 4.98 Å². The van der Waals surface area contributed by atoms with Crippen LogP contribution in [0.5, 0.6) is 0 Å². The van der Waals surface area contributed by atoms with Crippen LogP contribution >= 0.6 is 22.9 Å². The fourth-order valence-corrected chi connectivity index (χ4v) is 6.39. The van der Waals surface area contributed by atoms with Gasteiger partial charge in [0.2, 0.25) is 5.95 Å². The highest BCUT2D eigenvalue weighted by atomic mass is 35.5. The van der Waals surface area contributed by atoms with Crippen LogP contribution in [0, 0.1) is 6.92 Å². The van der Waals surface area contributed by atoms with E-state index in [-0.39, 0.29) is 0 Å². The van der Waals surface area contributed by atoms with Crippen LogP contribution in [0.2, 0.25) is 5.02 Å². The van der Waals surface area contributed by atoms with Crippen LogP contribution in [0.3, 0.4) is 0 Å². The van der Waals surface area contributed by atoms with Gasteiger partial charge in [0, 0.05) is 60.3 Å². The maximum absolute atomic E-state index is 6.73. The van der Waals surface area contributed by atoms with Crippen molar-refractivity contribution in [2.75, 3.05) is 42.9 Å². The Morgan fingerprint density at radius 3 is 2.59 bits per heavy atom. The predicted octanol–water partition coefficient (Wildman–Crippen LogP) is 5.80. The molecule has 11 heteroatoms. The molecule has 0 amide bonds. The van der Waals surface area contributed by atoms with Crippen LogP contribution in [-0.2, 0) is 0 Å². The molecule has 196 valence electrons. The summed E-state index contributed by atoms with van der Waals surface area (Å²) in [6, 6.07) is 14.5. The molecular weight excluding hydrogens is 530 g/mol. The highest BCUT2D eigenvalue weighted by Crippen LogP contribution is 2.37. The summed E-state index contributed by atoms with van der Waals surface area (Å²) in [5, 5.41) is 14.4. The fraction of sp³-hybridized carbons (Fsp3) is 0.250. The van der Waals surface area contributed by atoms with Gasteiger partial charge in [-0.25, -0.2) is 9.97 Å². The van der Waals surface area contributed by atoms with Crippen molar-refractivity contribution in [3.8, 4) is 11.1 Å². The van der Waals surface area contributed by atoms with Crippen LogP contribution in [0.15, 0.2) is 55.0 Å². The van der Waals surface area contributed by atoms with Crippen LogP contribution in [0.25, 0.3) is 38.0 Å². The summed E-state index contributed by atoms with van der Waals surface area (Å²) in [6.45, 7) is 9.63. The summed E-state index contributed by atoms with van der Waals surface area (Å²) in [4.78, 5) is 19.0. The van der Waals surface area contributed by atoms with Crippen molar-refractivity contribution in [2.45, 2.75) is 13.8 Å². The van der Waals surface area contributed by atoms with E-state index >= 15 is 0 Å². The van der Waals surface area contributed by atoms with E-state index < -0.39 is 0 Å². The number of fused-ring (bicyclic) bond motifs is 4. The molecule has 0 saturated carbocycles. The predicted molar refractivity (Wildman–Crippen MR) is 158 cm³/mol. The van der Waals surface area contributed by atoms with Gasteiger partial charge < -0.3 is 15.1 Å². The lowest BCUT2D eigenvalue weighted by Crippen LogP contribution is -2.46. The van der Waals surface area contributed by atoms with Crippen molar-refractivity contribution in [3.05, 3.63) is 65.0 Å². The van der Waals surface area contributed by atoms with E-state index in [1.54, 1.807) is 17.7 Å². The number of halogens is 1. The Balaban J connectivity index is 1.19. The van der Waals surface area contributed by atoms with Gasteiger partial charge >= 0.3 is 0 Å². The molecule has 0 atom stereocenters. The molecule has 4 aromatic heterocycles. The van der Waals surface area contributed by atoms with E-state index in [0.29, 0.717) is 22.3 Å². The first kappa shape index (κ1) is 24.2. The molecule has 1 aliphatic rings. The van der Waals surface area contributed by atoms with E-state index in [1.165, 1.54) is 5.69 Å². The van der Waals surface area contributed by atoms with Crippen molar-refractivity contribution >= 4 is 67.2 Å². The van der Waals surface area contributed by atoms with E-state index in [4.69, 9.17) is 16.6 Å². The molecule has 1 fully saturated rings. The van der Waals surface area contributed by atoms with Crippen LogP contribution in [0.4, 0.5) is 17.3 Å². The number of aromatic nitrogens is 6. The number of nitrogens with one attached hydrogen (secondary N) is 1. The van der Waals surface area contributed by atoms with Crippen LogP contribution < -0.4 is 10.2 Å². The number of aryl methyl sites for hydroxylation is 1. The number of thiazole rings is 1. The smallest absolute Gasteiger partial charge is 0.229 e. The number of piperazine rings is 1. The molecule has 6 aromatic rings. The molecule has 0 radical (unpaired) electrons. The Labute approximate surface area is 234 Å². The zero-order valence-electron chi connectivity index (χ0n) is 21.6. The van der Waals surface area contributed by atoms with Gasteiger partial charge in [0.15, 0.2) is 11.3 Å². The number of pyridine rings is 1. The zero-order chi connectivity index (χ0) is 26.5. The molecule has 1 aliphatic heterocycles. The van der Waals surface area contributed by atoms with Crippen molar-refractivity contribution in [2.24, 2.45) is 0 Å². The lowest BCUT2D eigenvalue weighted by Gasteiger charge is -2.35. The second kappa shape index (κ2) is 9.71. The van der Waals surface area contributed by atoms with Crippen molar-refractivity contribution in [1.29, 1.82) is 0 Å². The van der Waals surface area contributed by atoms with Crippen LogP contribution in [0.1, 0.15) is 11.9 Å². The first-order valence-electron chi connectivity index (χ1n) is 13.0. The topological polar surface area (TPSA) is 87.4 Å². The average molecular weight is 556 g/mol. The Hall–Kier alpha value is -3.86. The Morgan fingerprint density at radius 2 is 1.79 bits per heavy atom. The molecule has 2 aromatic carbocycles. The quantitative estimate of drug-likeness (QED) is 0.286. The third kappa shape index (κ3) is 4.44. The minimum atomic E-state index is 0.506. The summed E-state index contributed by atoms with van der Waals surface area (Å²) < 4.78 is 2.94. The molecule has 1 N–H and O–H groups in total. The number of hydrogen-bond donors (Lipinski definition) is 1. The van der Waals surface area contributed by atoms with Crippen molar-refractivity contribution in [3.63, 3.8) is 0 Å². The SMILES string of the molecule is CCN1CCN(c2ccc(Nc3ncc4cc(-c5cc6nc(C)sc6cc5Cl)c5nncn5c4n3)cc2)CC1. The Bertz CT molecular complexity index is 1820. The number of nitrogens with zero attached hydrogens (tertiary/aromatic N) is 8. The summed E-state index contributed by atoms with van der Waals surface area (Å²) in [5.74, 6) is 0.506. The van der Waals surface area contributed by atoms with Crippen molar-refractivity contribution in [1.82, 2.24) is 34.4 Å². The monoisotopic (exact) mass is 555 g/mol. The number of rotatable bonds is 5. The minimum Gasteiger partial charge on any atom is -0.369 e. The summed E-state index contributed by atoms with van der Waals surface area (Å²) in [6.07, 6.45) is 3.49. The van der Waals surface area contributed by atoms with Crippen LogP contribution in [-0.4, -0.2) is 67.2 Å². The highest BCUT2D eigenvalue weighted by Gasteiger charge is 2.18. The standard InChI is InChI=1S/C28H26ClN9S/c1-3-36-8-10-37(11-9-36)20-6-4-19(5-7-20)33-28-30-15-18-12-22(27-35-31-16-38(27)26(18)34-28)21-13-24-25(14-23(21)29)39-17(2)32-24/h4-7,12-16H,3,8-11H2,1-2H3,(H,30,33,34). The molecule has 7 rings (SSSR count). The number of anilines is 3. The second-order valence-corrected chi connectivity index (χ2v) is 11.3. The zero-order valence-corrected chi connectivity index (χ0v) is 23.2. The average Bonchev–Trinajstić information content (AvgIpc) is 3.59. The Morgan fingerprint density at radius 1 is 0.974 bits per heavy atom. The molecule has 0 bridgehead atoms. The van der Waals surface area contributed by atoms with E-state index in [9.17, 15) is 0 Å². The van der Waals surface area contributed by atoms with Gasteiger partial charge in [0.05, 0.1) is 20.2 Å². The Kier molecular flexibility index (Phi) is 6.03. The van der Waals surface area contributed by atoms with Gasteiger partial charge in [-0.3, -0.25) is 4.40 Å². The molecular formula is C28H26ClN9S. The largest absolute Gasteiger partial charge is 0.369 e. The molecule has 9 nitrogen and oxygen atoms in total. The summed E-state index contributed by atoms with van der Waals surface area (Å²) >= 11 is 8.36. The number of hydrogen-bond acceptors (Lipinski definition) is 9. The normalized spacial score (nSPS) is 14.6. The van der Waals surface area contributed by atoms with Gasteiger partial charge in [0.1, 0.15) is 6.33 Å². The number of benzene rings is 2. The van der Waals surface area contributed by atoms with Gasteiger partial charge in [-0.05, 0) is 55.9 Å². The molecule has 0 unspecified atom stereocenters. The molecule has 5 heterocycles. The second-order valence-electron chi connectivity index (χ2n) is 9.68. The minimum absolute atomic E-state index is 0.506. The summed E-state index contributed by atoms with van der Waals surface area (Å²) in [7, 11) is 0. The number of likely N-dealkylation sites (N-methyl/N-ethyl adjacent to an activating group) is 1. The van der Waals surface area contributed by atoms with Gasteiger partial charge in [0.25, 0.3) is 0 Å². The first-order chi connectivity index (χ1) is 19.1. The molecule has 0 spiro atoms. The van der Waals surface area contributed by atoms with E-state index in [2.05, 4.69) is 66.5 Å². The lowest BCUT2D eigenvalue weighted by atomic mass is 10.1. The first-order valence-corrected chi connectivity index (χ1v) is 14.2. The molecule has 0 aliphatic carbocycles. The fourth-order valence-electron chi connectivity index (χ4n) is 5.21. The molecule has 39 heavy (non-hydrogen) atoms. The van der Waals surface area contributed by atoms with Gasteiger partial charge in [-0.1, -0.05) is 18.5 Å². The maximum Gasteiger partial charge on any atom is 0.229 e. The highest BCUT2D eigenvalue weighted by molar-refractivity contribution is 7.18. The van der Waals surface area contributed by atoms with Crippen molar-refractivity contribution < 1.29 is 0 Å². The van der Waals surface area contributed by atoms with E-state index in [1.807, 2.05) is 35.7 Å². The maximum atomic E-state index is 6.73. The van der Waals surface area contributed by atoms with Gasteiger partial charge in [-0.15, -0.1) is 21.5 Å². The molecule has 1 saturated heterocycles.